The Kier molecular flexibility index (Phi) is 7.14. The number of carbonyl (C=O) groups is 2. The summed E-state index contributed by atoms with van der Waals surface area (Å²) in [7, 11) is 0. The summed E-state index contributed by atoms with van der Waals surface area (Å²) in [6.45, 7) is 5.83. The van der Waals surface area contributed by atoms with Crippen LogP contribution in [-0.4, -0.2) is 27.9 Å². The predicted octanol–water partition coefficient (Wildman–Crippen LogP) is 6.60. The van der Waals surface area contributed by atoms with Crippen LogP contribution in [0.2, 0.25) is 0 Å². The van der Waals surface area contributed by atoms with Gasteiger partial charge in [0.2, 0.25) is 0 Å². The van der Waals surface area contributed by atoms with E-state index in [-0.39, 0.29) is 17.4 Å². The number of aliphatic hydroxyl groups is 1. The third kappa shape index (κ3) is 5.38. The van der Waals surface area contributed by atoms with Crippen LogP contribution in [0, 0.1) is 6.92 Å². The van der Waals surface area contributed by atoms with Crippen LogP contribution >= 0.6 is 0 Å². The third-order valence-corrected chi connectivity index (χ3v) is 6.28. The summed E-state index contributed by atoms with van der Waals surface area (Å²) in [5, 5.41) is 11.3. The lowest BCUT2D eigenvalue weighted by Gasteiger charge is -2.25. The van der Waals surface area contributed by atoms with E-state index in [1.165, 1.54) is 4.90 Å². The lowest BCUT2D eigenvalue weighted by atomic mass is 9.96. The Morgan fingerprint density at radius 3 is 2.26 bits per heavy atom. The number of carbonyl (C=O) groups excluding carboxylic acids is 2. The maximum absolute atomic E-state index is 13.4. The predicted molar refractivity (Wildman–Crippen MR) is 149 cm³/mol. The van der Waals surface area contributed by atoms with Crippen LogP contribution in [0.1, 0.15) is 36.6 Å². The summed E-state index contributed by atoms with van der Waals surface area (Å²) in [5.41, 5.74) is 2.55. The van der Waals surface area contributed by atoms with E-state index in [1.807, 2.05) is 45.0 Å². The lowest BCUT2D eigenvalue weighted by molar-refractivity contribution is -0.132. The zero-order chi connectivity index (χ0) is 27.5. The fourth-order valence-electron chi connectivity index (χ4n) is 4.56. The van der Waals surface area contributed by atoms with Crippen LogP contribution in [-0.2, 0) is 9.59 Å². The van der Waals surface area contributed by atoms with Gasteiger partial charge in [-0.25, -0.2) is 0 Å². The molecule has 7 heteroatoms. The van der Waals surface area contributed by atoms with Crippen LogP contribution in [0.25, 0.3) is 5.76 Å². The summed E-state index contributed by atoms with van der Waals surface area (Å²) >= 11 is 0. The molecule has 0 aliphatic carbocycles. The van der Waals surface area contributed by atoms with Crippen molar-refractivity contribution < 1.29 is 24.2 Å². The zero-order valence-corrected chi connectivity index (χ0v) is 21.9. The Hall–Kier alpha value is -4.91. The van der Waals surface area contributed by atoms with Gasteiger partial charge in [0.1, 0.15) is 23.0 Å². The first-order valence-electron chi connectivity index (χ1n) is 12.6. The van der Waals surface area contributed by atoms with E-state index < -0.39 is 17.7 Å². The smallest absolute Gasteiger partial charge is 0.300 e. The average Bonchev–Trinajstić information content (AvgIpc) is 3.19. The number of Topliss-reactive ketones (excluding diaryl/α,β-unsaturated/α-hetero) is 1. The minimum absolute atomic E-state index is 0.00560. The minimum atomic E-state index is -0.867. The molecule has 1 aliphatic rings. The van der Waals surface area contributed by atoms with E-state index in [2.05, 4.69) is 4.98 Å². The molecule has 39 heavy (non-hydrogen) atoms. The molecule has 4 aromatic rings. The number of benzene rings is 3. The molecule has 1 amide bonds. The molecule has 1 atom stereocenters. The van der Waals surface area contributed by atoms with Gasteiger partial charge in [0.05, 0.1) is 17.7 Å². The molecular weight excluding hydrogens is 492 g/mol. The summed E-state index contributed by atoms with van der Waals surface area (Å²) in [4.78, 5) is 32.3. The topological polar surface area (TPSA) is 89.0 Å². The van der Waals surface area contributed by atoms with E-state index in [9.17, 15) is 14.7 Å². The SMILES string of the molecule is Cc1cccc(Oc2ccc(N3C(=O)C(=O)/C(=C(\O)c4ccc(OC(C)C)cc4)C3c3cccnc3)cc2)c1. The van der Waals surface area contributed by atoms with E-state index in [0.717, 1.165) is 5.56 Å². The third-order valence-electron chi connectivity index (χ3n) is 6.28. The molecule has 0 saturated carbocycles. The van der Waals surface area contributed by atoms with Crippen LogP contribution in [0.3, 0.4) is 0 Å². The largest absolute Gasteiger partial charge is 0.507 e. The van der Waals surface area contributed by atoms with Gasteiger partial charge in [0.15, 0.2) is 0 Å². The number of aromatic nitrogens is 1. The highest BCUT2D eigenvalue weighted by atomic mass is 16.5. The van der Waals surface area contributed by atoms with Crippen LogP contribution in [0.15, 0.2) is 103 Å². The Morgan fingerprint density at radius 2 is 1.62 bits per heavy atom. The first kappa shape index (κ1) is 25.7. The number of rotatable bonds is 7. The van der Waals surface area contributed by atoms with Crippen molar-refractivity contribution in [2.24, 2.45) is 0 Å². The molecule has 1 aliphatic heterocycles. The van der Waals surface area contributed by atoms with Gasteiger partial charge in [-0.2, -0.15) is 0 Å². The monoisotopic (exact) mass is 520 g/mol. The van der Waals surface area contributed by atoms with Crippen molar-refractivity contribution in [3.63, 3.8) is 0 Å². The Bertz CT molecular complexity index is 1530. The van der Waals surface area contributed by atoms with Crippen LogP contribution in [0.4, 0.5) is 5.69 Å². The summed E-state index contributed by atoms with van der Waals surface area (Å²) < 4.78 is 11.6. The summed E-state index contributed by atoms with van der Waals surface area (Å²) in [6.07, 6.45) is 3.19. The molecule has 0 bridgehead atoms. The lowest BCUT2D eigenvalue weighted by Crippen LogP contribution is -2.29. The quantitative estimate of drug-likeness (QED) is 0.168. The van der Waals surface area contributed by atoms with Crippen molar-refractivity contribution in [3.05, 3.63) is 120 Å². The van der Waals surface area contributed by atoms with Gasteiger partial charge < -0.3 is 14.6 Å². The van der Waals surface area contributed by atoms with E-state index in [1.54, 1.807) is 73.1 Å². The van der Waals surface area contributed by atoms with Crippen molar-refractivity contribution in [2.75, 3.05) is 4.90 Å². The summed E-state index contributed by atoms with van der Waals surface area (Å²) in [5.74, 6) is 0.145. The molecule has 0 radical (unpaired) electrons. The highest BCUT2D eigenvalue weighted by Gasteiger charge is 2.47. The van der Waals surface area contributed by atoms with Crippen molar-refractivity contribution >= 4 is 23.1 Å². The van der Waals surface area contributed by atoms with Crippen molar-refractivity contribution in [1.82, 2.24) is 4.98 Å². The second-order valence-corrected chi connectivity index (χ2v) is 9.56. The number of ketones is 1. The number of hydrogen-bond donors (Lipinski definition) is 1. The van der Waals surface area contributed by atoms with Gasteiger partial charge in [-0.15, -0.1) is 0 Å². The van der Waals surface area contributed by atoms with Crippen molar-refractivity contribution in [2.45, 2.75) is 32.9 Å². The van der Waals surface area contributed by atoms with Crippen molar-refractivity contribution in [1.29, 1.82) is 0 Å². The molecule has 2 heterocycles. The van der Waals surface area contributed by atoms with Crippen LogP contribution in [0.5, 0.6) is 17.2 Å². The Balaban J connectivity index is 1.53. The van der Waals surface area contributed by atoms with Gasteiger partial charge in [0.25, 0.3) is 11.7 Å². The maximum atomic E-state index is 13.4. The molecule has 196 valence electrons. The van der Waals surface area contributed by atoms with Gasteiger partial charge in [-0.1, -0.05) is 18.2 Å². The minimum Gasteiger partial charge on any atom is -0.507 e. The summed E-state index contributed by atoms with van der Waals surface area (Å²) in [6, 6.07) is 24.0. The van der Waals surface area contributed by atoms with E-state index in [4.69, 9.17) is 9.47 Å². The number of aryl methyl sites for hydroxylation is 1. The highest BCUT2D eigenvalue weighted by Crippen LogP contribution is 2.42. The Morgan fingerprint density at radius 1 is 0.897 bits per heavy atom. The standard InChI is InChI=1S/C32H28N2O5/c1-20(2)38-25-13-9-22(10-14-25)30(35)28-29(23-7-5-17-33-19-23)34(32(37)31(28)36)24-11-15-26(16-12-24)39-27-8-4-6-21(3)18-27/h4-20,29,35H,1-3H3/b30-28-. The van der Waals surface area contributed by atoms with Gasteiger partial charge in [-0.05, 0) is 98.6 Å². The number of hydrogen-bond acceptors (Lipinski definition) is 6. The molecular formula is C32H28N2O5. The number of ether oxygens (including phenoxy) is 2. The Labute approximate surface area is 227 Å². The molecule has 0 spiro atoms. The molecule has 1 saturated heterocycles. The molecule has 5 rings (SSSR count). The molecule has 1 N–H and O–H groups in total. The van der Waals surface area contributed by atoms with Gasteiger partial charge in [-0.3, -0.25) is 19.5 Å². The first-order chi connectivity index (χ1) is 18.8. The van der Waals surface area contributed by atoms with Crippen LogP contribution < -0.4 is 14.4 Å². The van der Waals surface area contributed by atoms with E-state index >= 15 is 0 Å². The highest BCUT2D eigenvalue weighted by molar-refractivity contribution is 6.51. The first-order valence-corrected chi connectivity index (χ1v) is 12.6. The van der Waals surface area contributed by atoms with E-state index in [0.29, 0.717) is 34.1 Å². The fraction of sp³-hybridized carbons (Fsp3) is 0.156. The van der Waals surface area contributed by atoms with Gasteiger partial charge >= 0.3 is 0 Å². The fourth-order valence-corrected chi connectivity index (χ4v) is 4.56. The number of anilines is 1. The maximum Gasteiger partial charge on any atom is 0.300 e. The van der Waals surface area contributed by atoms with Crippen molar-refractivity contribution in [3.8, 4) is 17.2 Å². The zero-order valence-electron chi connectivity index (χ0n) is 21.9. The van der Waals surface area contributed by atoms with Gasteiger partial charge in [0, 0.05) is 23.6 Å². The number of aliphatic hydroxyl groups excluding tert-OH is 1. The average molecular weight is 521 g/mol. The number of nitrogens with zero attached hydrogens (tertiary/aromatic N) is 2. The molecule has 1 fully saturated rings. The number of pyridine rings is 1. The molecule has 1 aromatic heterocycles. The second-order valence-electron chi connectivity index (χ2n) is 9.56. The molecule has 7 nitrogen and oxygen atoms in total. The number of amides is 1. The molecule has 3 aromatic carbocycles. The second kappa shape index (κ2) is 10.8. The normalized spacial score (nSPS) is 16.5. The molecule has 1 unspecified atom stereocenters.